The SMILES string of the molecule is Cc1ccoc1C(=O)N1CC(=O)N(C2CCCCC2)C[C@@H](OCc2ccccc2)C1. The van der Waals surface area contributed by atoms with Crippen molar-refractivity contribution >= 4 is 11.8 Å². The molecule has 1 aliphatic heterocycles. The van der Waals surface area contributed by atoms with Crippen LogP contribution in [0.25, 0.3) is 0 Å². The van der Waals surface area contributed by atoms with Crippen molar-refractivity contribution in [3.63, 3.8) is 0 Å². The highest BCUT2D eigenvalue weighted by atomic mass is 16.5. The second-order valence-electron chi connectivity index (χ2n) is 8.37. The molecule has 2 amide bonds. The molecule has 0 bridgehead atoms. The summed E-state index contributed by atoms with van der Waals surface area (Å²) in [6.07, 6.45) is 6.87. The van der Waals surface area contributed by atoms with Crippen molar-refractivity contribution in [3.8, 4) is 0 Å². The fourth-order valence-electron chi connectivity index (χ4n) is 4.47. The third-order valence-corrected chi connectivity index (χ3v) is 6.16. The molecule has 2 aromatic rings. The summed E-state index contributed by atoms with van der Waals surface area (Å²) in [4.78, 5) is 29.8. The van der Waals surface area contributed by atoms with Crippen LogP contribution in [0.4, 0.5) is 0 Å². The number of aryl methyl sites for hydroxylation is 1. The fourth-order valence-corrected chi connectivity index (χ4v) is 4.47. The van der Waals surface area contributed by atoms with Gasteiger partial charge in [-0.3, -0.25) is 9.59 Å². The predicted molar refractivity (Wildman–Crippen MR) is 113 cm³/mol. The number of carbonyl (C=O) groups is 2. The van der Waals surface area contributed by atoms with E-state index >= 15 is 0 Å². The summed E-state index contributed by atoms with van der Waals surface area (Å²) in [6, 6.07) is 12.0. The minimum Gasteiger partial charge on any atom is -0.459 e. The highest BCUT2D eigenvalue weighted by Crippen LogP contribution is 2.25. The zero-order valence-electron chi connectivity index (χ0n) is 17.6. The largest absolute Gasteiger partial charge is 0.459 e. The number of rotatable bonds is 5. The van der Waals surface area contributed by atoms with Gasteiger partial charge in [-0.1, -0.05) is 49.6 Å². The molecule has 0 spiro atoms. The molecule has 2 fully saturated rings. The van der Waals surface area contributed by atoms with Crippen LogP contribution in [0.5, 0.6) is 0 Å². The third-order valence-electron chi connectivity index (χ3n) is 6.16. The average molecular weight is 411 g/mol. The Morgan fingerprint density at radius 2 is 1.87 bits per heavy atom. The van der Waals surface area contributed by atoms with Gasteiger partial charge in [-0.05, 0) is 31.4 Å². The molecule has 160 valence electrons. The van der Waals surface area contributed by atoms with Crippen molar-refractivity contribution in [3.05, 3.63) is 59.5 Å². The maximum atomic E-state index is 13.1. The van der Waals surface area contributed by atoms with E-state index in [4.69, 9.17) is 9.15 Å². The lowest BCUT2D eigenvalue weighted by atomic mass is 9.94. The average Bonchev–Trinajstić information content (AvgIpc) is 3.13. The third kappa shape index (κ3) is 4.75. The van der Waals surface area contributed by atoms with E-state index in [1.165, 1.54) is 12.7 Å². The first-order valence-electron chi connectivity index (χ1n) is 10.9. The summed E-state index contributed by atoms with van der Waals surface area (Å²) < 4.78 is 11.6. The molecule has 0 unspecified atom stereocenters. The van der Waals surface area contributed by atoms with Gasteiger partial charge in [-0.2, -0.15) is 0 Å². The lowest BCUT2D eigenvalue weighted by Gasteiger charge is -2.34. The number of benzene rings is 1. The van der Waals surface area contributed by atoms with Gasteiger partial charge in [-0.25, -0.2) is 0 Å². The molecule has 6 nitrogen and oxygen atoms in total. The summed E-state index contributed by atoms with van der Waals surface area (Å²) in [5, 5.41) is 0. The van der Waals surface area contributed by atoms with E-state index in [-0.39, 0.29) is 30.5 Å². The van der Waals surface area contributed by atoms with Crippen LogP contribution in [0.2, 0.25) is 0 Å². The zero-order chi connectivity index (χ0) is 20.9. The fraction of sp³-hybridized carbons (Fsp3) is 0.500. The van der Waals surface area contributed by atoms with Crippen LogP contribution in [0.3, 0.4) is 0 Å². The molecular formula is C24H30N2O4. The number of hydrogen-bond acceptors (Lipinski definition) is 4. The molecule has 0 radical (unpaired) electrons. The van der Waals surface area contributed by atoms with Crippen LogP contribution >= 0.6 is 0 Å². The summed E-state index contributed by atoms with van der Waals surface area (Å²) in [6.45, 7) is 3.27. The van der Waals surface area contributed by atoms with Crippen molar-refractivity contribution < 1.29 is 18.7 Å². The van der Waals surface area contributed by atoms with Gasteiger partial charge in [0.05, 0.1) is 19.0 Å². The first-order chi connectivity index (χ1) is 14.6. The van der Waals surface area contributed by atoms with Crippen molar-refractivity contribution in [1.29, 1.82) is 0 Å². The Hall–Kier alpha value is -2.60. The second kappa shape index (κ2) is 9.47. The van der Waals surface area contributed by atoms with Crippen molar-refractivity contribution in [2.45, 2.75) is 57.8 Å². The van der Waals surface area contributed by atoms with Gasteiger partial charge in [0.25, 0.3) is 5.91 Å². The van der Waals surface area contributed by atoms with E-state index in [9.17, 15) is 9.59 Å². The van der Waals surface area contributed by atoms with Crippen LogP contribution in [0, 0.1) is 6.92 Å². The first-order valence-corrected chi connectivity index (χ1v) is 10.9. The normalized spacial score (nSPS) is 21.0. The molecular weight excluding hydrogens is 380 g/mol. The molecule has 2 heterocycles. The number of amides is 2. The summed E-state index contributed by atoms with van der Waals surface area (Å²) in [5.41, 5.74) is 1.86. The number of furan rings is 1. The van der Waals surface area contributed by atoms with Gasteiger partial charge >= 0.3 is 0 Å². The van der Waals surface area contributed by atoms with Gasteiger partial charge in [0.1, 0.15) is 6.54 Å². The topological polar surface area (TPSA) is 63.0 Å². The van der Waals surface area contributed by atoms with Gasteiger partial charge in [0, 0.05) is 24.7 Å². The molecule has 0 N–H and O–H groups in total. The van der Waals surface area contributed by atoms with Crippen molar-refractivity contribution in [2.24, 2.45) is 0 Å². The van der Waals surface area contributed by atoms with E-state index in [2.05, 4.69) is 0 Å². The Kier molecular flexibility index (Phi) is 6.53. The minimum absolute atomic E-state index is 0.00488. The Balaban J connectivity index is 1.53. The number of carbonyl (C=O) groups excluding carboxylic acids is 2. The van der Waals surface area contributed by atoms with Gasteiger partial charge in [0.2, 0.25) is 5.91 Å². The van der Waals surface area contributed by atoms with Gasteiger partial charge < -0.3 is 19.0 Å². The molecule has 4 rings (SSSR count). The van der Waals surface area contributed by atoms with Crippen LogP contribution in [-0.2, 0) is 16.1 Å². The summed E-state index contributed by atoms with van der Waals surface area (Å²) >= 11 is 0. The molecule has 30 heavy (non-hydrogen) atoms. The standard InChI is InChI=1S/C24H30N2O4/c1-18-12-13-29-23(18)24(28)25-14-21(30-17-19-8-4-2-5-9-19)15-26(22(27)16-25)20-10-6-3-7-11-20/h2,4-5,8-9,12-13,20-21H,3,6-7,10-11,14-17H2,1H3/t21-/m0/s1. The molecule has 1 aromatic carbocycles. The Bertz CT molecular complexity index is 857. The highest BCUT2D eigenvalue weighted by Gasteiger charge is 2.36. The predicted octanol–water partition coefficient (Wildman–Crippen LogP) is 3.79. The maximum Gasteiger partial charge on any atom is 0.290 e. The molecule has 1 saturated carbocycles. The van der Waals surface area contributed by atoms with Gasteiger partial charge in [-0.15, -0.1) is 0 Å². The lowest BCUT2D eigenvalue weighted by Crippen LogP contribution is -2.46. The van der Waals surface area contributed by atoms with E-state index in [0.29, 0.717) is 25.5 Å². The number of nitrogens with zero attached hydrogens (tertiary/aromatic N) is 2. The van der Waals surface area contributed by atoms with E-state index in [0.717, 1.165) is 36.8 Å². The van der Waals surface area contributed by atoms with E-state index < -0.39 is 0 Å². The molecule has 2 aliphatic rings. The monoisotopic (exact) mass is 410 g/mol. The summed E-state index contributed by atoms with van der Waals surface area (Å²) in [7, 11) is 0. The Morgan fingerprint density at radius 3 is 2.57 bits per heavy atom. The van der Waals surface area contributed by atoms with Crippen molar-refractivity contribution in [2.75, 3.05) is 19.6 Å². The first kappa shape index (κ1) is 20.7. The number of hydrogen-bond donors (Lipinski definition) is 0. The van der Waals surface area contributed by atoms with E-state index in [1.54, 1.807) is 11.0 Å². The Morgan fingerprint density at radius 1 is 1.10 bits per heavy atom. The van der Waals surface area contributed by atoms with E-state index in [1.807, 2.05) is 42.2 Å². The quantitative estimate of drug-likeness (QED) is 0.752. The van der Waals surface area contributed by atoms with Crippen LogP contribution in [0.1, 0.15) is 53.8 Å². The number of ether oxygens (including phenoxy) is 1. The van der Waals surface area contributed by atoms with Crippen molar-refractivity contribution in [1.82, 2.24) is 9.80 Å². The van der Waals surface area contributed by atoms with Crippen LogP contribution in [0.15, 0.2) is 47.1 Å². The van der Waals surface area contributed by atoms with Crippen LogP contribution in [-0.4, -0.2) is 53.4 Å². The van der Waals surface area contributed by atoms with Gasteiger partial charge in [0.15, 0.2) is 5.76 Å². The zero-order valence-corrected chi connectivity index (χ0v) is 17.6. The molecule has 1 aromatic heterocycles. The highest BCUT2D eigenvalue weighted by molar-refractivity contribution is 5.95. The molecule has 1 saturated heterocycles. The summed E-state index contributed by atoms with van der Waals surface area (Å²) in [5.74, 6) is 0.0608. The lowest BCUT2D eigenvalue weighted by molar-refractivity contribution is -0.134. The molecule has 6 heteroatoms. The maximum absolute atomic E-state index is 13.1. The second-order valence-corrected chi connectivity index (χ2v) is 8.37. The smallest absolute Gasteiger partial charge is 0.290 e. The minimum atomic E-state index is -0.246. The Labute approximate surface area is 177 Å². The van der Waals surface area contributed by atoms with Crippen LogP contribution < -0.4 is 0 Å². The molecule has 1 atom stereocenters. The molecule has 1 aliphatic carbocycles.